The highest BCUT2D eigenvalue weighted by molar-refractivity contribution is 7.12. The fourth-order valence-electron chi connectivity index (χ4n) is 2.09. The molecule has 1 nitrogen and oxygen atoms in total. The van der Waals surface area contributed by atoms with E-state index in [2.05, 4.69) is 31.3 Å². The highest BCUT2D eigenvalue weighted by atomic mass is 35.5. The van der Waals surface area contributed by atoms with Crippen LogP contribution >= 0.6 is 22.9 Å². The molecule has 0 saturated heterocycles. The van der Waals surface area contributed by atoms with Crippen molar-refractivity contribution >= 4 is 22.9 Å². The lowest BCUT2D eigenvalue weighted by atomic mass is 10.0. The molecule has 0 aliphatic rings. The summed E-state index contributed by atoms with van der Waals surface area (Å²) in [6.07, 6.45) is 0.569. The molecular weight excluding hydrogens is 281 g/mol. The Bertz CT molecular complexity index is 533. The average molecular weight is 298 g/mol. The van der Waals surface area contributed by atoms with Crippen LogP contribution in [-0.2, 0) is 6.42 Å². The van der Waals surface area contributed by atoms with Gasteiger partial charge in [-0.25, -0.2) is 4.39 Å². The van der Waals surface area contributed by atoms with Crippen LogP contribution in [0.15, 0.2) is 30.3 Å². The van der Waals surface area contributed by atoms with Crippen LogP contribution in [0.1, 0.15) is 28.3 Å². The summed E-state index contributed by atoms with van der Waals surface area (Å²) in [4.78, 5) is 2.48. The van der Waals surface area contributed by atoms with Gasteiger partial charge in [0, 0.05) is 26.4 Å². The molecule has 2 rings (SSSR count). The monoisotopic (exact) mass is 297 g/mol. The zero-order chi connectivity index (χ0) is 13.8. The summed E-state index contributed by atoms with van der Waals surface area (Å²) in [5.74, 6) is -0.233. The van der Waals surface area contributed by atoms with E-state index in [1.807, 2.05) is 0 Å². The molecule has 0 saturated carbocycles. The Balaban J connectivity index is 2.26. The number of nitrogens with one attached hydrogen (secondary N) is 1. The van der Waals surface area contributed by atoms with E-state index in [1.54, 1.807) is 23.5 Å². The average Bonchev–Trinajstić information content (AvgIpc) is 2.79. The van der Waals surface area contributed by atoms with Gasteiger partial charge in [-0.15, -0.1) is 11.3 Å². The van der Waals surface area contributed by atoms with E-state index in [0.717, 1.165) is 6.54 Å². The predicted molar refractivity (Wildman–Crippen MR) is 80.6 cm³/mol. The van der Waals surface area contributed by atoms with Crippen LogP contribution in [0.5, 0.6) is 0 Å². The molecule has 0 aliphatic carbocycles. The first-order valence-electron chi connectivity index (χ1n) is 6.34. The largest absolute Gasteiger partial charge is 0.309 e. The van der Waals surface area contributed by atoms with Gasteiger partial charge in [-0.3, -0.25) is 0 Å². The molecule has 1 atom stereocenters. The number of hydrogen-bond acceptors (Lipinski definition) is 2. The highest BCUT2D eigenvalue weighted by Crippen LogP contribution is 2.29. The Morgan fingerprint density at radius 3 is 2.68 bits per heavy atom. The SMILES string of the molecule is CCNC(Cc1c(F)cccc1Cl)c1ccc(C)s1. The summed E-state index contributed by atoms with van der Waals surface area (Å²) in [7, 11) is 0. The van der Waals surface area contributed by atoms with Gasteiger partial charge in [0.2, 0.25) is 0 Å². The third-order valence-electron chi connectivity index (χ3n) is 3.03. The van der Waals surface area contributed by atoms with Crippen molar-refractivity contribution in [3.8, 4) is 0 Å². The second-order valence-corrected chi connectivity index (χ2v) is 6.19. The minimum Gasteiger partial charge on any atom is -0.309 e. The number of benzene rings is 1. The number of aryl methyl sites for hydroxylation is 1. The first-order chi connectivity index (χ1) is 9.11. The van der Waals surface area contributed by atoms with E-state index in [4.69, 9.17) is 11.6 Å². The lowest BCUT2D eigenvalue weighted by Crippen LogP contribution is -2.22. The van der Waals surface area contributed by atoms with Crippen LogP contribution in [0, 0.1) is 12.7 Å². The van der Waals surface area contributed by atoms with Gasteiger partial charge in [0.15, 0.2) is 0 Å². The van der Waals surface area contributed by atoms with Gasteiger partial charge in [-0.05, 0) is 44.2 Å². The summed E-state index contributed by atoms with van der Waals surface area (Å²) in [6.45, 7) is 4.97. The van der Waals surface area contributed by atoms with Crippen molar-refractivity contribution in [2.24, 2.45) is 0 Å². The van der Waals surface area contributed by atoms with Crippen molar-refractivity contribution < 1.29 is 4.39 Å². The van der Waals surface area contributed by atoms with E-state index in [9.17, 15) is 4.39 Å². The van der Waals surface area contributed by atoms with Crippen molar-refractivity contribution in [2.75, 3.05) is 6.54 Å². The van der Waals surface area contributed by atoms with Crippen LogP contribution in [-0.4, -0.2) is 6.54 Å². The topological polar surface area (TPSA) is 12.0 Å². The van der Waals surface area contributed by atoms with Gasteiger partial charge in [-0.2, -0.15) is 0 Å². The fourth-order valence-corrected chi connectivity index (χ4v) is 3.28. The molecule has 0 radical (unpaired) electrons. The van der Waals surface area contributed by atoms with E-state index in [1.165, 1.54) is 15.8 Å². The van der Waals surface area contributed by atoms with Gasteiger partial charge >= 0.3 is 0 Å². The van der Waals surface area contributed by atoms with E-state index < -0.39 is 0 Å². The molecule has 102 valence electrons. The maximum absolute atomic E-state index is 13.9. The third kappa shape index (κ3) is 3.56. The molecule has 1 heterocycles. The van der Waals surface area contributed by atoms with Crippen molar-refractivity contribution in [3.63, 3.8) is 0 Å². The summed E-state index contributed by atoms with van der Waals surface area (Å²) >= 11 is 7.84. The standard InChI is InChI=1S/C15H17ClFNS/c1-3-18-14(15-8-7-10(2)19-15)9-11-12(16)5-4-6-13(11)17/h4-8,14,18H,3,9H2,1-2H3. The van der Waals surface area contributed by atoms with Gasteiger partial charge in [0.1, 0.15) is 5.82 Å². The zero-order valence-electron chi connectivity index (χ0n) is 11.0. The van der Waals surface area contributed by atoms with Crippen LogP contribution in [0.25, 0.3) is 0 Å². The van der Waals surface area contributed by atoms with Crippen LogP contribution in [0.3, 0.4) is 0 Å². The Hall–Kier alpha value is -0.900. The zero-order valence-corrected chi connectivity index (χ0v) is 12.6. The smallest absolute Gasteiger partial charge is 0.127 e. The van der Waals surface area contributed by atoms with E-state index >= 15 is 0 Å². The molecule has 0 spiro atoms. The van der Waals surface area contributed by atoms with E-state index in [-0.39, 0.29) is 11.9 Å². The molecule has 1 aromatic carbocycles. The Kier molecular flexibility index (Phi) is 4.97. The summed E-state index contributed by atoms with van der Waals surface area (Å²) in [6, 6.07) is 9.14. The maximum atomic E-state index is 13.9. The molecule has 4 heteroatoms. The highest BCUT2D eigenvalue weighted by Gasteiger charge is 2.17. The molecule has 2 aromatic rings. The Labute approximate surface area is 122 Å². The molecule has 0 amide bonds. The predicted octanol–water partition coefficient (Wildman–Crippen LogP) is 4.74. The van der Waals surface area contributed by atoms with Crippen LogP contribution < -0.4 is 5.32 Å². The van der Waals surface area contributed by atoms with Gasteiger partial charge in [-0.1, -0.05) is 24.6 Å². The molecule has 1 aromatic heterocycles. The van der Waals surface area contributed by atoms with Gasteiger partial charge in [0.25, 0.3) is 0 Å². The molecule has 0 bridgehead atoms. The number of thiophene rings is 1. The fraction of sp³-hybridized carbons (Fsp3) is 0.333. The number of likely N-dealkylation sites (N-methyl/N-ethyl adjacent to an activating group) is 1. The van der Waals surface area contributed by atoms with Crippen molar-refractivity contribution in [1.82, 2.24) is 5.32 Å². The van der Waals surface area contributed by atoms with Crippen LogP contribution in [0.2, 0.25) is 5.02 Å². The van der Waals surface area contributed by atoms with Crippen molar-refractivity contribution in [2.45, 2.75) is 26.3 Å². The van der Waals surface area contributed by atoms with Crippen molar-refractivity contribution in [3.05, 3.63) is 56.5 Å². The second kappa shape index (κ2) is 6.51. The second-order valence-electron chi connectivity index (χ2n) is 4.46. The Morgan fingerprint density at radius 1 is 1.32 bits per heavy atom. The molecule has 1 N–H and O–H groups in total. The Morgan fingerprint density at radius 2 is 2.11 bits per heavy atom. The normalized spacial score (nSPS) is 12.6. The quantitative estimate of drug-likeness (QED) is 0.840. The molecule has 1 unspecified atom stereocenters. The minimum atomic E-state index is -0.233. The molecule has 0 fully saturated rings. The first kappa shape index (κ1) is 14.5. The van der Waals surface area contributed by atoms with Crippen LogP contribution in [0.4, 0.5) is 4.39 Å². The van der Waals surface area contributed by atoms with Gasteiger partial charge in [0.05, 0.1) is 0 Å². The lowest BCUT2D eigenvalue weighted by molar-refractivity contribution is 0.534. The summed E-state index contributed by atoms with van der Waals surface area (Å²) < 4.78 is 13.9. The number of halogens is 2. The number of rotatable bonds is 5. The van der Waals surface area contributed by atoms with E-state index in [0.29, 0.717) is 17.0 Å². The summed E-state index contributed by atoms with van der Waals surface area (Å²) in [5, 5.41) is 3.90. The molecular formula is C15H17ClFNS. The van der Waals surface area contributed by atoms with Crippen molar-refractivity contribution in [1.29, 1.82) is 0 Å². The summed E-state index contributed by atoms with van der Waals surface area (Å²) in [5.41, 5.74) is 0.584. The first-order valence-corrected chi connectivity index (χ1v) is 7.54. The third-order valence-corrected chi connectivity index (χ3v) is 4.49. The molecule has 0 aliphatic heterocycles. The minimum absolute atomic E-state index is 0.109. The number of hydrogen-bond donors (Lipinski definition) is 1. The lowest BCUT2D eigenvalue weighted by Gasteiger charge is -2.17. The maximum Gasteiger partial charge on any atom is 0.127 e. The molecule has 19 heavy (non-hydrogen) atoms. The van der Waals surface area contributed by atoms with Gasteiger partial charge < -0.3 is 5.32 Å².